The van der Waals surface area contributed by atoms with Gasteiger partial charge >= 0.3 is 0 Å². The van der Waals surface area contributed by atoms with E-state index < -0.39 is 17.5 Å². The van der Waals surface area contributed by atoms with Gasteiger partial charge in [-0.25, -0.2) is 8.78 Å². The van der Waals surface area contributed by atoms with Crippen molar-refractivity contribution in [2.75, 3.05) is 10.6 Å². The third-order valence-corrected chi connectivity index (χ3v) is 3.77. The summed E-state index contributed by atoms with van der Waals surface area (Å²) in [5.74, 6) is -2.18. The molecular formula is C18H11Cl2F2N3O. The van der Waals surface area contributed by atoms with Gasteiger partial charge in [0.15, 0.2) is 0 Å². The lowest BCUT2D eigenvalue weighted by Crippen LogP contribution is -2.13. The van der Waals surface area contributed by atoms with Crippen molar-refractivity contribution in [2.45, 2.75) is 0 Å². The maximum absolute atomic E-state index is 13.7. The van der Waals surface area contributed by atoms with Crippen molar-refractivity contribution in [1.29, 1.82) is 0 Å². The monoisotopic (exact) mass is 393 g/mol. The van der Waals surface area contributed by atoms with Gasteiger partial charge in [0, 0.05) is 28.0 Å². The number of nitrogens with one attached hydrogen (secondary N) is 2. The Morgan fingerprint density at radius 3 is 2.35 bits per heavy atom. The zero-order valence-corrected chi connectivity index (χ0v) is 14.6. The third-order valence-electron chi connectivity index (χ3n) is 3.33. The van der Waals surface area contributed by atoms with Gasteiger partial charge < -0.3 is 10.6 Å². The van der Waals surface area contributed by atoms with Crippen molar-refractivity contribution in [3.05, 3.63) is 82.1 Å². The fourth-order valence-electron chi connectivity index (χ4n) is 2.21. The summed E-state index contributed by atoms with van der Waals surface area (Å²) in [6.45, 7) is 0. The molecule has 132 valence electrons. The highest BCUT2D eigenvalue weighted by atomic mass is 35.5. The number of rotatable bonds is 4. The van der Waals surface area contributed by atoms with Gasteiger partial charge in [-0.2, -0.15) is 0 Å². The van der Waals surface area contributed by atoms with Gasteiger partial charge in [0.1, 0.15) is 11.6 Å². The van der Waals surface area contributed by atoms with Crippen LogP contribution in [0.1, 0.15) is 10.4 Å². The molecule has 3 rings (SSSR count). The van der Waals surface area contributed by atoms with Crippen LogP contribution in [0.15, 0.2) is 54.9 Å². The number of carbonyl (C=O) groups excluding carboxylic acids is 1. The Labute approximate surface area is 157 Å². The van der Waals surface area contributed by atoms with Crippen molar-refractivity contribution < 1.29 is 13.6 Å². The van der Waals surface area contributed by atoms with Crippen LogP contribution >= 0.6 is 23.2 Å². The normalized spacial score (nSPS) is 10.5. The molecule has 26 heavy (non-hydrogen) atoms. The summed E-state index contributed by atoms with van der Waals surface area (Å²) in [6, 6.07) is 9.33. The van der Waals surface area contributed by atoms with Crippen LogP contribution in [0, 0.1) is 11.6 Å². The molecule has 8 heteroatoms. The predicted octanol–water partition coefficient (Wildman–Crippen LogP) is 5.66. The second-order valence-electron chi connectivity index (χ2n) is 5.32. The van der Waals surface area contributed by atoms with Gasteiger partial charge in [0.25, 0.3) is 5.91 Å². The number of hydrogen-bond donors (Lipinski definition) is 2. The molecule has 3 aromatic rings. The smallest absolute Gasteiger partial charge is 0.257 e. The quantitative estimate of drug-likeness (QED) is 0.600. The van der Waals surface area contributed by atoms with E-state index in [4.69, 9.17) is 23.2 Å². The molecule has 0 aliphatic rings. The molecule has 0 spiro atoms. The lowest BCUT2D eigenvalue weighted by atomic mass is 10.2. The topological polar surface area (TPSA) is 54.0 Å². The van der Waals surface area contributed by atoms with Crippen molar-refractivity contribution in [2.24, 2.45) is 0 Å². The van der Waals surface area contributed by atoms with Crippen LogP contribution in [-0.4, -0.2) is 10.9 Å². The number of carbonyl (C=O) groups is 1. The van der Waals surface area contributed by atoms with Crippen molar-refractivity contribution in [3.8, 4) is 0 Å². The standard InChI is InChI=1S/C18H11Cl2F2N3O/c19-11-4-12(20)6-14(5-11)24-15-3-10(8-23-9-15)18(26)25-17-2-1-13(21)7-16(17)22/h1-9,24H,(H,25,26). The molecule has 1 heterocycles. The maximum atomic E-state index is 13.7. The van der Waals surface area contributed by atoms with E-state index in [-0.39, 0.29) is 11.3 Å². The number of nitrogens with zero attached hydrogens (tertiary/aromatic N) is 1. The number of amides is 1. The van der Waals surface area contributed by atoms with Gasteiger partial charge in [0.05, 0.1) is 23.1 Å². The van der Waals surface area contributed by atoms with E-state index in [2.05, 4.69) is 15.6 Å². The summed E-state index contributed by atoms with van der Waals surface area (Å²) in [4.78, 5) is 16.3. The van der Waals surface area contributed by atoms with Gasteiger partial charge in [-0.1, -0.05) is 23.2 Å². The number of anilines is 3. The van der Waals surface area contributed by atoms with E-state index in [1.54, 1.807) is 18.2 Å². The van der Waals surface area contributed by atoms with E-state index >= 15 is 0 Å². The Bertz CT molecular complexity index is 962. The molecule has 0 fully saturated rings. The van der Waals surface area contributed by atoms with E-state index in [0.29, 0.717) is 27.5 Å². The van der Waals surface area contributed by atoms with Crippen LogP contribution < -0.4 is 10.6 Å². The van der Waals surface area contributed by atoms with Crippen molar-refractivity contribution >= 4 is 46.2 Å². The molecule has 0 atom stereocenters. The largest absolute Gasteiger partial charge is 0.354 e. The molecule has 0 radical (unpaired) electrons. The molecule has 2 aromatic carbocycles. The molecule has 0 bridgehead atoms. The average Bonchev–Trinajstić information content (AvgIpc) is 2.56. The third kappa shape index (κ3) is 4.47. The van der Waals surface area contributed by atoms with E-state index in [1.165, 1.54) is 18.5 Å². The lowest BCUT2D eigenvalue weighted by Gasteiger charge is -2.10. The minimum Gasteiger partial charge on any atom is -0.354 e. The fraction of sp³-hybridized carbons (Fsp3) is 0. The van der Waals surface area contributed by atoms with Crippen LogP contribution in [-0.2, 0) is 0 Å². The minimum atomic E-state index is -0.867. The zero-order valence-electron chi connectivity index (χ0n) is 13.1. The number of aromatic nitrogens is 1. The first-order valence-electron chi connectivity index (χ1n) is 7.35. The molecule has 1 aromatic heterocycles. The molecule has 2 N–H and O–H groups in total. The zero-order chi connectivity index (χ0) is 18.7. The summed E-state index contributed by atoms with van der Waals surface area (Å²) < 4.78 is 26.6. The maximum Gasteiger partial charge on any atom is 0.257 e. The van der Waals surface area contributed by atoms with E-state index in [0.717, 1.165) is 12.1 Å². The second-order valence-corrected chi connectivity index (χ2v) is 6.20. The molecular weight excluding hydrogens is 383 g/mol. The van der Waals surface area contributed by atoms with E-state index in [1.807, 2.05) is 0 Å². The van der Waals surface area contributed by atoms with Crippen LogP contribution in [0.4, 0.5) is 25.8 Å². The Balaban J connectivity index is 1.78. The Morgan fingerprint density at radius 2 is 1.65 bits per heavy atom. The highest BCUT2D eigenvalue weighted by Crippen LogP contribution is 2.25. The van der Waals surface area contributed by atoms with Gasteiger partial charge in [0.2, 0.25) is 0 Å². The summed E-state index contributed by atoms with van der Waals surface area (Å²) in [5.41, 5.74) is 1.19. The van der Waals surface area contributed by atoms with Gasteiger partial charge in [-0.05, 0) is 36.4 Å². The number of halogens is 4. The summed E-state index contributed by atoms with van der Waals surface area (Å²) in [7, 11) is 0. The van der Waals surface area contributed by atoms with Gasteiger partial charge in [-0.15, -0.1) is 0 Å². The fourth-order valence-corrected chi connectivity index (χ4v) is 2.74. The summed E-state index contributed by atoms with van der Waals surface area (Å²) in [5, 5.41) is 6.31. The Morgan fingerprint density at radius 1 is 0.923 bits per heavy atom. The number of pyridine rings is 1. The molecule has 0 saturated heterocycles. The second kappa shape index (κ2) is 7.68. The Hall–Kier alpha value is -2.70. The van der Waals surface area contributed by atoms with E-state index in [9.17, 15) is 13.6 Å². The van der Waals surface area contributed by atoms with Gasteiger partial charge in [-0.3, -0.25) is 9.78 Å². The molecule has 4 nitrogen and oxygen atoms in total. The SMILES string of the molecule is O=C(Nc1ccc(F)cc1F)c1cncc(Nc2cc(Cl)cc(Cl)c2)c1. The Kier molecular flexibility index (Phi) is 5.35. The van der Waals surface area contributed by atoms with Crippen LogP contribution in [0.5, 0.6) is 0 Å². The minimum absolute atomic E-state index is 0.128. The molecule has 0 aliphatic heterocycles. The number of benzene rings is 2. The van der Waals surface area contributed by atoms with Crippen LogP contribution in [0.2, 0.25) is 10.0 Å². The molecule has 0 unspecified atom stereocenters. The first-order chi connectivity index (χ1) is 12.4. The molecule has 0 saturated carbocycles. The average molecular weight is 394 g/mol. The van der Waals surface area contributed by atoms with Crippen LogP contribution in [0.25, 0.3) is 0 Å². The highest BCUT2D eigenvalue weighted by Gasteiger charge is 2.11. The summed E-state index contributed by atoms with van der Waals surface area (Å²) in [6.07, 6.45) is 2.83. The molecule has 0 aliphatic carbocycles. The predicted molar refractivity (Wildman–Crippen MR) is 98.3 cm³/mol. The van der Waals surface area contributed by atoms with Crippen molar-refractivity contribution in [1.82, 2.24) is 4.98 Å². The first kappa shape index (κ1) is 18.1. The molecule has 1 amide bonds. The van der Waals surface area contributed by atoms with Crippen molar-refractivity contribution in [3.63, 3.8) is 0 Å². The number of hydrogen-bond acceptors (Lipinski definition) is 3. The highest BCUT2D eigenvalue weighted by molar-refractivity contribution is 6.35. The lowest BCUT2D eigenvalue weighted by molar-refractivity contribution is 0.102. The van der Waals surface area contributed by atoms with Crippen LogP contribution in [0.3, 0.4) is 0 Å². The summed E-state index contributed by atoms with van der Waals surface area (Å²) >= 11 is 11.9. The first-order valence-corrected chi connectivity index (χ1v) is 8.11.